The van der Waals surface area contributed by atoms with Gasteiger partial charge in [0.25, 0.3) is 0 Å². The molecule has 1 unspecified atom stereocenters. The Hall–Kier alpha value is -3.54. The monoisotopic (exact) mass is 518 g/mol. The van der Waals surface area contributed by atoms with E-state index in [0.29, 0.717) is 20.5 Å². The maximum Gasteiger partial charge on any atom is 0.416 e. The number of benzene rings is 2. The van der Waals surface area contributed by atoms with E-state index in [9.17, 15) is 35.9 Å². The van der Waals surface area contributed by atoms with Gasteiger partial charge < -0.3 is 5.32 Å². The number of carbonyl (C=O) groups is 1. The van der Waals surface area contributed by atoms with Crippen LogP contribution in [0.3, 0.4) is 0 Å². The predicted octanol–water partition coefficient (Wildman–Crippen LogP) is 5.29. The molecule has 0 aliphatic rings. The first-order valence-corrected chi connectivity index (χ1v) is 10.3. The molecule has 1 amide bonds. The number of rotatable bonds is 6. The Morgan fingerprint density at radius 3 is 2.37 bits per heavy atom. The van der Waals surface area contributed by atoms with E-state index < -0.39 is 42.1 Å². The lowest BCUT2D eigenvalue weighted by atomic mass is 10.0. The molecule has 0 bridgehead atoms. The molecule has 13 heteroatoms. The average Bonchev–Trinajstić information content (AvgIpc) is 3.06. The van der Waals surface area contributed by atoms with E-state index in [4.69, 9.17) is 11.6 Å². The van der Waals surface area contributed by atoms with Crippen molar-refractivity contribution in [3.63, 3.8) is 0 Å². The molecule has 0 saturated heterocycles. The van der Waals surface area contributed by atoms with Gasteiger partial charge in [-0.3, -0.25) is 4.79 Å². The highest BCUT2D eigenvalue weighted by Gasteiger charge is 2.31. The Kier molecular flexibility index (Phi) is 7.44. The maximum absolute atomic E-state index is 12.9. The van der Waals surface area contributed by atoms with E-state index in [1.54, 1.807) is 0 Å². The largest absolute Gasteiger partial charge is 0.416 e. The van der Waals surface area contributed by atoms with Crippen molar-refractivity contribution in [2.24, 2.45) is 0 Å². The Morgan fingerprint density at radius 2 is 1.77 bits per heavy atom. The minimum atomic E-state index is -4.71. The third-order valence-corrected chi connectivity index (χ3v) is 5.02. The number of carbonyl (C=O) groups excluding carboxylic acids is 1. The molecule has 0 radical (unpaired) electrons. The first-order chi connectivity index (χ1) is 16.2. The number of halogens is 7. The van der Waals surface area contributed by atoms with Gasteiger partial charge in [-0.1, -0.05) is 23.7 Å². The molecule has 6 nitrogen and oxygen atoms in total. The van der Waals surface area contributed by atoms with Crippen LogP contribution in [0.2, 0.25) is 5.02 Å². The molecule has 3 aromatic rings. The van der Waals surface area contributed by atoms with Gasteiger partial charge in [-0.25, -0.2) is 14.0 Å². The van der Waals surface area contributed by atoms with Gasteiger partial charge in [0.1, 0.15) is 6.54 Å². The summed E-state index contributed by atoms with van der Waals surface area (Å²) in [5, 5.41) is 6.77. The molecule has 2 aromatic carbocycles. The molecular formula is C22H17ClF6N4O2. The van der Waals surface area contributed by atoms with E-state index in [-0.39, 0.29) is 23.0 Å². The summed E-state index contributed by atoms with van der Waals surface area (Å²) < 4.78 is 78.2. The number of nitrogens with one attached hydrogen (secondary N) is 1. The van der Waals surface area contributed by atoms with Gasteiger partial charge in [0.05, 0.1) is 11.6 Å². The van der Waals surface area contributed by atoms with Gasteiger partial charge in [0.2, 0.25) is 5.91 Å². The van der Waals surface area contributed by atoms with Crippen molar-refractivity contribution in [2.45, 2.75) is 31.9 Å². The molecule has 35 heavy (non-hydrogen) atoms. The molecule has 0 fully saturated rings. The molecule has 186 valence electrons. The first-order valence-electron chi connectivity index (χ1n) is 9.92. The minimum absolute atomic E-state index is 0.157. The van der Waals surface area contributed by atoms with Crippen LogP contribution in [0.5, 0.6) is 0 Å². The van der Waals surface area contributed by atoms with Crippen molar-refractivity contribution in [2.75, 3.05) is 0 Å². The molecule has 0 spiro atoms. The highest BCUT2D eigenvalue weighted by Crippen LogP contribution is 2.30. The second-order valence-corrected chi connectivity index (χ2v) is 7.85. The fourth-order valence-electron chi connectivity index (χ4n) is 3.10. The lowest BCUT2D eigenvalue weighted by Crippen LogP contribution is -2.34. The van der Waals surface area contributed by atoms with Crippen molar-refractivity contribution in [3.05, 3.63) is 81.2 Å². The lowest BCUT2D eigenvalue weighted by Gasteiger charge is -2.16. The summed E-state index contributed by atoms with van der Waals surface area (Å²) in [7, 11) is 0. The molecule has 0 saturated carbocycles. The predicted molar refractivity (Wildman–Crippen MR) is 116 cm³/mol. The van der Waals surface area contributed by atoms with E-state index >= 15 is 0 Å². The highest BCUT2D eigenvalue weighted by molar-refractivity contribution is 6.30. The second kappa shape index (κ2) is 9.98. The molecule has 1 aromatic heterocycles. The molecule has 1 atom stereocenters. The molecule has 1 N–H and O–H groups in total. The van der Waals surface area contributed by atoms with Gasteiger partial charge in [-0.2, -0.15) is 26.3 Å². The maximum atomic E-state index is 12.9. The van der Waals surface area contributed by atoms with Crippen LogP contribution in [-0.2, 0) is 17.5 Å². The van der Waals surface area contributed by atoms with Gasteiger partial charge >= 0.3 is 18.0 Å². The average molecular weight is 519 g/mol. The zero-order valence-corrected chi connectivity index (χ0v) is 18.6. The Labute approximate surface area is 199 Å². The van der Waals surface area contributed by atoms with Crippen LogP contribution in [0, 0.1) is 0 Å². The van der Waals surface area contributed by atoms with E-state index in [2.05, 4.69) is 10.4 Å². The molecule has 0 aliphatic carbocycles. The quantitative estimate of drug-likeness (QED) is 0.451. The summed E-state index contributed by atoms with van der Waals surface area (Å²) in [6, 6.07) is 9.25. The number of allylic oxidation sites excluding steroid dienone is 1. The van der Waals surface area contributed by atoms with Crippen molar-refractivity contribution >= 4 is 23.7 Å². The number of nitrogens with zero attached hydrogens (tertiary/aromatic N) is 3. The van der Waals surface area contributed by atoms with E-state index in [0.717, 1.165) is 12.1 Å². The van der Waals surface area contributed by atoms with Crippen molar-refractivity contribution in [1.82, 2.24) is 19.7 Å². The lowest BCUT2D eigenvalue weighted by molar-refractivity contribution is -0.137. The third kappa shape index (κ3) is 6.75. The van der Waals surface area contributed by atoms with Crippen LogP contribution < -0.4 is 11.0 Å². The first kappa shape index (κ1) is 26.1. The number of hydrogen-bond acceptors (Lipinski definition) is 3. The summed E-state index contributed by atoms with van der Waals surface area (Å²) in [6.45, 7) is 0.759. The number of hydrogen-bond donors (Lipinski definition) is 1. The molecular weight excluding hydrogens is 502 g/mol. The fourth-order valence-corrected chi connectivity index (χ4v) is 3.23. The van der Waals surface area contributed by atoms with E-state index in [1.165, 1.54) is 43.3 Å². The van der Waals surface area contributed by atoms with Crippen molar-refractivity contribution in [1.29, 1.82) is 0 Å². The summed E-state index contributed by atoms with van der Waals surface area (Å²) in [5.41, 5.74) is -1.50. The van der Waals surface area contributed by atoms with Crippen LogP contribution in [0.25, 0.3) is 17.6 Å². The van der Waals surface area contributed by atoms with Gasteiger partial charge in [-0.15, -0.1) is 5.10 Å². The normalized spacial score (nSPS) is 13.3. The Morgan fingerprint density at radius 1 is 1.11 bits per heavy atom. The zero-order chi connectivity index (χ0) is 26.0. The second-order valence-electron chi connectivity index (χ2n) is 7.41. The van der Waals surface area contributed by atoms with Gasteiger partial charge in [0.15, 0.2) is 5.82 Å². The fraction of sp³-hybridized carbons (Fsp3) is 0.227. The number of alkyl halides is 6. The van der Waals surface area contributed by atoms with Crippen LogP contribution in [0.1, 0.15) is 24.1 Å². The van der Waals surface area contributed by atoms with Crippen LogP contribution in [-0.4, -0.2) is 26.4 Å². The Balaban J connectivity index is 1.87. The smallest absolute Gasteiger partial charge is 0.348 e. The standard InChI is InChI=1S/C22H17ClF6N4O2/c1-13(15-3-2-4-16(11-15)22(27,28)29)30-18(34)12-33-20(35)32(10-9-21(24,25)26)19(31-33)14-5-7-17(23)8-6-14/h2-11,13H,12H2,1H3,(H,30,34)/b10-9+. The SMILES string of the molecule is CC(NC(=O)Cn1nc(-c2ccc(Cl)cc2)n(/C=C/C(F)(F)F)c1=O)c1cccc(C(F)(F)F)c1. The van der Waals surface area contributed by atoms with Crippen LogP contribution >= 0.6 is 11.6 Å². The van der Waals surface area contributed by atoms with E-state index in [1.807, 2.05) is 0 Å². The number of aromatic nitrogens is 3. The van der Waals surface area contributed by atoms with Crippen molar-refractivity contribution < 1.29 is 31.1 Å². The number of amides is 1. The Bertz CT molecular complexity index is 1290. The molecule has 1 heterocycles. The van der Waals surface area contributed by atoms with Gasteiger partial charge in [-0.05, 0) is 48.9 Å². The topological polar surface area (TPSA) is 68.9 Å². The van der Waals surface area contributed by atoms with Gasteiger partial charge in [0, 0.05) is 22.9 Å². The zero-order valence-electron chi connectivity index (χ0n) is 17.9. The summed E-state index contributed by atoms with van der Waals surface area (Å²) in [5.74, 6) is -0.963. The molecule has 3 rings (SSSR count). The van der Waals surface area contributed by atoms with Crippen LogP contribution in [0.4, 0.5) is 26.3 Å². The minimum Gasteiger partial charge on any atom is -0.348 e. The summed E-state index contributed by atoms with van der Waals surface area (Å²) in [4.78, 5) is 25.2. The van der Waals surface area contributed by atoms with Crippen LogP contribution in [0.15, 0.2) is 59.4 Å². The summed E-state index contributed by atoms with van der Waals surface area (Å²) in [6.07, 6.45) is -8.95. The third-order valence-electron chi connectivity index (χ3n) is 4.77. The van der Waals surface area contributed by atoms with Crippen molar-refractivity contribution in [3.8, 4) is 11.4 Å². The summed E-state index contributed by atoms with van der Waals surface area (Å²) >= 11 is 5.83. The molecule has 0 aliphatic heterocycles. The highest BCUT2D eigenvalue weighted by atomic mass is 35.5.